The molecule has 1 heterocycles. The van der Waals surface area contributed by atoms with Gasteiger partial charge in [-0.25, -0.2) is 0 Å². The molecule has 1 saturated heterocycles. The summed E-state index contributed by atoms with van der Waals surface area (Å²) in [4.78, 5) is 25.4. The smallest absolute Gasteiger partial charge is 0.313 e. The number of halogens is 1. The lowest BCUT2D eigenvalue weighted by atomic mass is 10.3. The average Bonchev–Trinajstić information content (AvgIpc) is 2.49. The fraction of sp³-hybridized carbons (Fsp3) is 0.385. The molecule has 108 valence electrons. The number of methoxy groups -OCH3 is 1. The van der Waals surface area contributed by atoms with Gasteiger partial charge in [0.1, 0.15) is 5.75 Å². The van der Waals surface area contributed by atoms with Crippen molar-refractivity contribution in [3.8, 4) is 5.75 Å². The van der Waals surface area contributed by atoms with Crippen LogP contribution in [0.15, 0.2) is 22.7 Å². The molecular weight excluding hydrogens is 326 g/mol. The van der Waals surface area contributed by atoms with E-state index < -0.39 is 11.8 Å². The summed E-state index contributed by atoms with van der Waals surface area (Å²) in [5.41, 5.74) is 0.526. The van der Waals surface area contributed by atoms with E-state index in [1.54, 1.807) is 23.1 Å². The Kier molecular flexibility index (Phi) is 4.97. The van der Waals surface area contributed by atoms with E-state index in [-0.39, 0.29) is 0 Å². The number of hydrogen-bond donors (Lipinski definition) is 2. The molecule has 6 nitrogen and oxygen atoms in total. The van der Waals surface area contributed by atoms with Gasteiger partial charge in [0.15, 0.2) is 0 Å². The van der Waals surface area contributed by atoms with Gasteiger partial charge < -0.3 is 20.3 Å². The fourth-order valence-corrected chi connectivity index (χ4v) is 2.34. The second kappa shape index (κ2) is 6.71. The minimum Gasteiger partial charge on any atom is -0.495 e. The molecule has 1 aliphatic rings. The highest BCUT2D eigenvalue weighted by Crippen LogP contribution is 2.27. The van der Waals surface area contributed by atoms with Crippen LogP contribution in [0, 0.1) is 0 Å². The predicted molar refractivity (Wildman–Crippen MR) is 78.8 cm³/mol. The molecule has 1 aliphatic heterocycles. The highest BCUT2D eigenvalue weighted by Gasteiger charge is 2.23. The number of carbonyl (C=O) groups excluding carboxylic acids is 2. The van der Waals surface area contributed by atoms with E-state index >= 15 is 0 Å². The summed E-state index contributed by atoms with van der Waals surface area (Å²) >= 11 is 3.33. The molecule has 0 spiro atoms. The monoisotopic (exact) mass is 341 g/mol. The first-order valence-corrected chi connectivity index (χ1v) is 7.05. The largest absolute Gasteiger partial charge is 0.495 e. The molecule has 0 aromatic heterocycles. The van der Waals surface area contributed by atoms with Crippen LogP contribution in [0.4, 0.5) is 5.69 Å². The molecule has 0 atom stereocenters. The zero-order valence-electron chi connectivity index (χ0n) is 11.1. The Hall–Kier alpha value is -1.60. The third-order valence-corrected chi connectivity index (χ3v) is 3.66. The van der Waals surface area contributed by atoms with Crippen molar-refractivity contribution in [1.82, 2.24) is 10.2 Å². The van der Waals surface area contributed by atoms with Crippen molar-refractivity contribution in [2.75, 3.05) is 38.6 Å². The third-order valence-electron chi connectivity index (χ3n) is 3.01. The number of piperazine rings is 1. The standard InChI is InChI=1S/C13H16BrN3O3/c1-20-11-8-9(2-3-10(11)14)16-12(18)13(19)17-6-4-15-5-7-17/h2-3,8,15H,4-7H2,1H3,(H,16,18). The number of carbonyl (C=O) groups is 2. The molecule has 7 heteroatoms. The maximum Gasteiger partial charge on any atom is 0.313 e. The third kappa shape index (κ3) is 3.49. The minimum atomic E-state index is -0.628. The maximum atomic E-state index is 12.0. The quantitative estimate of drug-likeness (QED) is 0.781. The molecular formula is C13H16BrN3O3. The number of nitrogens with zero attached hydrogens (tertiary/aromatic N) is 1. The lowest BCUT2D eigenvalue weighted by Crippen LogP contribution is -2.49. The van der Waals surface area contributed by atoms with Gasteiger partial charge in [-0.1, -0.05) is 0 Å². The van der Waals surface area contributed by atoms with Crippen LogP contribution in [-0.4, -0.2) is 50.0 Å². The Labute approximate surface area is 125 Å². The van der Waals surface area contributed by atoms with Gasteiger partial charge in [0.05, 0.1) is 11.6 Å². The Morgan fingerprint density at radius 1 is 1.35 bits per heavy atom. The summed E-state index contributed by atoms with van der Waals surface area (Å²) < 4.78 is 5.93. The van der Waals surface area contributed by atoms with Gasteiger partial charge >= 0.3 is 11.8 Å². The summed E-state index contributed by atoms with van der Waals surface area (Å²) in [6.45, 7) is 2.53. The Bertz CT molecular complexity index is 516. The van der Waals surface area contributed by atoms with Gasteiger partial charge in [0, 0.05) is 37.9 Å². The van der Waals surface area contributed by atoms with Crippen molar-refractivity contribution in [3.63, 3.8) is 0 Å². The van der Waals surface area contributed by atoms with Crippen molar-refractivity contribution in [3.05, 3.63) is 22.7 Å². The molecule has 0 bridgehead atoms. The number of hydrogen-bond acceptors (Lipinski definition) is 4. The van der Waals surface area contributed by atoms with Crippen LogP contribution in [0.3, 0.4) is 0 Å². The first kappa shape index (κ1) is 14.8. The second-order valence-corrected chi connectivity index (χ2v) is 5.20. The molecule has 20 heavy (non-hydrogen) atoms. The van der Waals surface area contributed by atoms with E-state index in [0.717, 1.165) is 4.47 Å². The summed E-state index contributed by atoms with van der Waals surface area (Å²) in [7, 11) is 1.54. The molecule has 0 saturated carbocycles. The average molecular weight is 342 g/mol. The number of anilines is 1. The molecule has 2 N–H and O–H groups in total. The molecule has 0 unspecified atom stereocenters. The van der Waals surface area contributed by atoms with Crippen molar-refractivity contribution < 1.29 is 14.3 Å². The second-order valence-electron chi connectivity index (χ2n) is 4.35. The Morgan fingerprint density at radius 2 is 2.05 bits per heavy atom. The summed E-state index contributed by atoms with van der Waals surface area (Å²) in [5.74, 6) is -0.540. The summed E-state index contributed by atoms with van der Waals surface area (Å²) in [6, 6.07) is 5.12. The fourth-order valence-electron chi connectivity index (χ4n) is 1.93. The first-order chi connectivity index (χ1) is 9.61. The van der Waals surface area contributed by atoms with Crippen molar-refractivity contribution >= 4 is 33.4 Å². The molecule has 1 aromatic rings. The van der Waals surface area contributed by atoms with Gasteiger partial charge in [-0.15, -0.1) is 0 Å². The molecule has 1 fully saturated rings. The van der Waals surface area contributed by atoms with E-state index in [2.05, 4.69) is 26.6 Å². The number of amides is 2. The van der Waals surface area contributed by atoms with Crippen molar-refractivity contribution in [1.29, 1.82) is 0 Å². The zero-order chi connectivity index (χ0) is 14.5. The van der Waals surface area contributed by atoms with Crippen LogP contribution in [0.5, 0.6) is 5.75 Å². The highest BCUT2D eigenvalue weighted by molar-refractivity contribution is 9.10. The van der Waals surface area contributed by atoms with Crippen LogP contribution in [0.25, 0.3) is 0 Å². The molecule has 2 amide bonds. The van der Waals surface area contributed by atoms with Gasteiger partial charge in [0.25, 0.3) is 0 Å². The number of benzene rings is 1. The van der Waals surface area contributed by atoms with E-state index in [4.69, 9.17) is 4.74 Å². The van der Waals surface area contributed by atoms with E-state index in [9.17, 15) is 9.59 Å². The van der Waals surface area contributed by atoms with E-state index in [1.807, 2.05) is 0 Å². The van der Waals surface area contributed by atoms with Crippen LogP contribution < -0.4 is 15.4 Å². The molecule has 0 aliphatic carbocycles. The van der Waals surface area contributed by atoms with Crippen molar-refractivity contribution in [2.45, 2.75) is 0 Å². The summed E-state index contributed by atoms with van der Waals surface area (Å²) in [5, 5.41) is 5.72. The van der Waals surface area contributed by atoms with Crippen LogP contribution >= 0.6 is 15.9 Å². The van der Waals surface area contributed by atoms with Crippen LogP contribution in [0.2, 0.25) is 0 Å². The number of rotatable bonds is 2. The summed E-state index contributed by atoms with van der Waals surface area (Å²) in [6.07, 6.45) is 0. The Balaban J connectivity index is 2.01. The predicted octanol–water partition coefficient (Wildman–Crippen LogP) is 0.828. The topological polar surface area (TPSA) is 70.7 Å². The Morgan fingerprint density at radius 3 is 2.70 bits per heavy atom. The van der Waals surface area contributed by atoms with E-state index in [1.165, 1.54) is 7.11 Å². The first-order valence-electron chi connectivity index (χ1n) is 6.26. The molecule has 0 radical (unpaired) electrons. The van der Waals surface area contributed by atoms with E-state index in [0.29, 0.717) is 37.6 Å². The lowest BCUT2D eigenvalue weighted by molar-refractivity contribution is -0.143. The highest BCUT2D eigenvalue weighted by atomic mass is 79.9. The normalized spacial score (nSPS) is 14.8. The van der Waals surface area contributed by atoms with Gasteiger partial charge in [0.2, 0.25) is 0 Å². The van der Waals surface area contributed by atoms with Gasteiger partial charge in [-0.05, 0) is 28.1 Å². The zero-order valence-corrected chi connectivity index (χ0v) is 12.7. The SMILES string of the molecule is COc1cc(NC(=O)C(=O)N2CCNCC2)ccc1Br. The van der Waals surface area contributed by atoms with Crippen LogP contribution in [0.1, 0.15) is 0 Å². The van der Waals surface area contributed by atoms with Gasteiger partial charge in [-0.3, -0.25) is 9.59 Å². The minimum absolute atomic E-state index is 0.506. The lowest BCUT2D eigenvalue weighted by Gasteiger charge is -2.26. The van der Waals surface area contributed by atoms with Gasteiger partial charge in [-0.2, -0.15) is 0 Å². The van der Waals surface area contributed by atoms with Crippen LogP contribution in [-0.2, 0) is 9.59 Å². The molecule has 1 aromatic carbocycles. The number of ether oxygens (including phenoxy) is 1. The van der Waals surface area contributed by atoms with Crippen molar-refractivity contribution in [2.24, 2.45) is 0 Å². The maximum absolute atomic E-state index is 12.0. The molecule has 2 rings (SSSR count). The number of nitrogens with one attached hydrogen (secondary N) is 2.